The summed E-state index contributed by atoms with van der Waals surface area (Å²) in [6.07, 6.45) is 0. The lowest BCUT2D eigenvalue weighted by Gasteiger charge is -2.09. The molecule has 2 aromatic rings. The number of nitrogens with one attached hydrogen (secondary N) is 2. The molecule has 1 heterocycles. The van der Waals surface area contributed by atoms with Gasteiger partial charge in [-0.25, -0.2) is 13.6 Å². The van der Waals surface area contributed by atoms with Gasteiger partial charge in [-0.15, -0.1) is 0 Å². The van der Waals surface area contributed by atoms with Crippen LogP contribution in [0.1, 0.15) is 5.56 Å². The van der Waals surface area contributed by atoms with E-state index in [1.807, 2.05) is 0 Å². The highest BCUT2D eigenvalue weighted by Gasteiger charge is 2.27. The summed E-state index contributed by atoms with van der Waals surface area (Å²) in [5.41, 5.74) is 1.69. The highest BCUT2D eigenvalue weighted by molar-refractivity contribution is 6.61. The van der Waals surface area contributed by atoms with Gasteiger partial charge in [-0.05, 0) is 35.3 Å². The summed E-state index contributed by atoms with van der Waals surface area (Å²) in [6.45, 7) is 0.309. The van der Waals surface area contributed by atoms with Crippen molar-refractivity contribution >= 4 is 30.0 Å². The van der Waals surface area contributed by atoms with Crippen molar-refractivity contribution in [2.45, 2.75) is 6.61 Å². The summed E-state index contributed by atoms with van der Waals surface area (Å²) < 4.78 is 31.3. The zero-order valence-corrected chi connectivity index (χ0v) is 11.3. The van der Waals surface area contributed by atoms with E-state index in [9.17, 15) is 18.6 Å². The fraction of sp³-hybridized carbons (Fsp3) is 0.0714. The van der Waals surface area contributed by atoms with E-state index in [0.717, 1.165) is 17.7 Å². The monoisotopic (exact) mass is 304 g/mol. The lowest BCUT2D eigenvalue weighted by atomic mass is 9.79. The Morgan fingerprint density at radius 3 is 2.77 bits per heavy atom. The molecule has 3 N–H and O–H groups in total. The van der Waals surface area contributed by atoms with Crippen LogP contribution >= 0.6 is 0 Å². The number of carbonyl (C=O) groups is 1. The third kappa shape index (κ3) is 2.93. The Hall–Kier alpha value is -2.45. The first-order valence-electron chi connectivity index (χ1n) is 6.48. The fourth-order valence-corrected chi connectivity index (χ4v) is 2.17. The molecule has 112 valence electrons. The van der Waals surface area contributed by atoms with Crippen molar-refractivity contribution in [3.05, 3.63) is 53.6 Å². The molecule has 0 radical (unpaired) electrons. The van der Waals surface area contributed by atoms with E-state index >= 15 is 0 Å². The average molecular weight is 304 g/mol. The van der Waals surface area contributed by atoms with E-state index in [-0.39, 0.29) is 5.69 Å². The van der Waals surface area contributed by atoms with E-state index < -0.39 is 24.8 Å². The number of halogens is 2. The summed E-state index contributed by atoms with van der Waals surface area (Å²) in [7, 11) is -1.02. The maximum absolute atomic E-state index is 13.4. The number of amides is 2. The Bertz CT molecular complexity index is 742. The molecule has 1 aliphatic rings. The molecule has 2 aromatic carbocycles. The number of urea groups is 1. The van der Waals surface area contributed by atoms with E-state index in [2.05, 4.69) is 10.6 Å². The molecule has 0 saturated carbocycles. The first kappa shape index (κ1) is 14.5. The van der Waals surface area contributed by atoms with Crippen LogP contribution in [0.25, 0.3) is 0 Å². The topological polar surface area (TPSA) is 70.6 Å². The first-order valence-corrected chi connectivity index (χ1v) is 6.48. The highest BCUT2D eigenvalue weighted by atomic mass is 19.1. The van der Waals surface area contributed by atoms with Crippen molar-refractivity contribution in [2.75, 3.05) is 10.6 Å². The summed E-state index contributed by atoms with van der Waals surface area (Å²) in [5, 5.41) is 14.4. The van der Waals surface area contributed by atoms with Gasteiger partial charge in [-0.2, -0.15) is 0 Å². The summed E-state index contributed by atoms with van der Waals surface area (Å²) in [6, 6.07) is 7.11. The molecule has 5 nitrogen and oxygen atoms in total. The molecule has 0 spiro atoms. The number of carbonyl (C=O) groups excluding carboxylic acids is 1. The Balaban J connectivity index is 1.71. The van der Waals surface area contributed by atoms with Gasteiger partial charge >= 0.3 is 13.1 Å². The molecule has 22 heavy (non-hydrogen) atoms. The quantitative estimate of drug-likeness (QED) is 0.741. The predicted molar refractivity (Wildman–Crippen MR) is 77.8 cm³/mol. The zero-order chi connectivity index (χ0) is 15.7. The Morgan fingerprint density at radius 1 is 1.18 bits per heavy atom. The van der Waals surface area contributed by atoms with Gasteiger partial charge in [-0.3, -0.25) is 0 Å². The molecular weight excluding hydrogens is 293 g/mol. The van der Waals surface area contributed by atoms with Gasteiger partial charge in [0.15, 0.2) is 0 Å². The van der Waals surface area contributed by atoms with E-state index in [1.54, 1.807) is 18.2 Å². The lowest BCUT2D eigenvalue weighted by molar-refractivity contribution is 0.262. The van der Waals surface area contributed by atoms with Gasteiger partial charge in [0.1, 0.15) is 11.6 Å². The molecule has 0 aromatic heterocycles. The minimum absolute atomic E-state index is 0.136. The second-order valence-electron chi connectivity index (χ2n) is 4.78. The number of benzene rings is 2. The van der Waals surface area contributed by atoms with Crippen molar-refractivity contribution in [1.82, 2.24) is 0 Å². The Kier molecular flexibility index (Phi) is 3.78. The zero-order valence-electron chi connectivity index (χ0n) is 11.3. The van der Waals surface area contributed by atoms with Gasteiger partial charge < -0.3 is 20.3 Å². The number of hydrogen-bond acceptors (Lipinski definition) is 3. The molecule has 0 aliphatic carbocycles. The van der Waals surface area contributed by atoms with Crippen molar-refractivity contribution in [1.29, 1.82) is 0 Å². The van der Waals surface area contributed by atoms with Crippen molar-refractivity contribution in [3.8, 4) is 0 Å². The van der Waals surface area contributed by atoms with Crippen LogP contribution < -0.4 is 16.1 Å². The van der Waals surface area contributed by atoms with Gasteiger partial charge in [0.2, 0.25) is 0 Å². The third-order valence-electron chi connectivity index (χ3n) is 3.25. The van der Waals surface area contributed by atoms with Crippen molar-refractivity contribution < 1.29 is 23.3 Å². The predicted octanol–water partition coefficient (Wildman–Crippen LogP) is 1.83. The van der Waals surface area contributed by atoms with E-state index in [1.165, 1.54) is 0 Å². The van der Waals surface area contributed by atoms with Crippen molar-refractivity contribution in [2.24, 2.45) is 0 Å². The molecule has 0 fully saturated rings. The largest absolute Gasteiger partial charge is 0.491 e. The van der Waals surface area contributed by atoms with Crippen LogP contribution in [-0.4, -0.2) is 18.2 Å². The van der Waals surface area contributed by atoms with Gasteiger partial charge in [0, 0.05) is 11.8 Å². The maximum atomic E-state index is 13.4. The minimum Gasteiger partial charge on any atom is -0.423 e. The lowest BCUT2D eigenvalue weighted by Crippen LogP contribution is -2.29. The number of rotatable bonds is 2. The SMILES string of the molecule is O=C(Nc1ccc2c(c1)B(O)OC2)Nc1ccc(F)cc1F. The summed E-state index contributed by atoms with van der Waals surface area (Å²) in [4.78, 5) is 11.8. The molecular formula is C14H11BF2N2O3. The third-order valence-corrected chi connectivity index (χ3v) is 3.25. The molecule has 0 unspecified atom stereocenters. The smallest absolute Gasteiger partial charge is 0.423 e. The molecule has 2 amide bonds. The number of anilines is 2. The number of fused-ring (bicyclic) bond motifs is 1. The maximum Gasteiger partial charge on any atom is 0.491 e. The molecule has 8 heteroatoms. The second-order valence-corrected chi connectivity index (χ2v) is 4.78. The summed E-state index contributed by atoms with van der Waals surface area (Å²) >= 11 is 0. The molecule has 0 bridgehead atoms. The van der Waals surface area contributed by atoms with Crippen LogP contribution in [0.3, 0.4) is 0 Å². The normalized spacial score (nSPS) is 13.0. The Morgan fingerprint density at radius 2 is 2.00 bits per heavy atom. The molecule has 1 aliphatic heterocycles. The van der Waals surface area contributed by atoms with Crippen LogP contribution in [0.15, 0.2) is 36.4 Å². The van der Waals surface area contributed by atoms with E-state index in [0.29, 0.717) is 23.8 Å². The molecule has 3 rings (SSSR count). The van der Waals surface area contributed by atoms with Gasteiger partial charge in [0.25, 0.3) is 0 Å². The van der Waals surface area contributed by atoms with Crippen LogP contribution in [0, 0.1) is 11.6 Å². The first-order chi connectivity index (χ1) is 10.5. The van der Waals surface area contributed by atoms with Gasteiger partial charge in [0.05, 0.1) is 12.3 Å². The highest BCUT2D eigenvalue weighted by Crippen LogP contribution is 2.17. The minimum atomic E-state index is -1.02. The van der Waals surface area contributed by atoms with Crippen LogP contribution in [0.5, 0.6) is 0 Å². The van der Waals surface area contributed by atoms with Crippen LogP contribution in [0.2, 0.25) is 0 Å². The second kappa shape index (κ2) is 5.74. The summed E-state index contributed by atoms with van der Waals surface area (Å²) in [5.74, 6) is -1.59. The Labute approximate surface area is 125 Å². The van der Waals surface area contributed by atoms with Crippen LogP contribution in [0.4, 0.5) is 25.0 Å². The molecule has 0 atom stereocenters. The molecule has 0 saturated heterocycles. The van der Waals surface area contributed by atoms with E-state index in [4.69, 9.17) is 4.65 Å². The average Bonchev–Trinajstić information content (AvgIpc) is 2.83. The van der Waals surface area contributed by atoms with Crippen molar-refractivity contribution in [3.63, 3.8) is 0 Å². The standard InChI is InChI=1S/C14H11BF2N2O3/c16-9-2-4-13(12(17)5-9)19-14(20)18-10-3-1-8-7-22-15(21)11(8)6-10/h1-6,21H,7H2,(H2,18,19,20). The van der Waals surface area contributed by atoms with Gasteiger partial charge in [-0.1, -0.05) is 6.07 Å². The number of hydrogen-bond donors (Lipinski definition) is 3. The van der Waals surface area contributed by atoms with Crippen LogP contribution in [-0.2, 0) is 11.3 Å². The fourth-order valence-electron chi connectivity index (χ4n) is 2.17.